The highest BCUT2D eigenvalue weighted by molar-refractivity contribution is 14.1. The Kier molecular flexibility index (Phi) is 4.14. The summed E-state index contributed by atoms with van der Waals surface area (Å²) in [6, 6.07) is 0.645. The van der Waals surface area contributed by atoms with Gasteiger partial charge < -0.3 is 0 Å². The Labute approximate surface area is 117 Å². The van der Waals surface area contributed by atoms with Crippen molar-refractivity contribution in [2.75, 3.05) is 0 Å². The van der Waals surface area contributed by atoms with Crippen LogP contribution < -0.4 is 5.14 Å². The van der Waals surface area contributed by atoms with Crippen molar-refractivity contribution in [1.29, 1.82) is 0 Å². The molecule has 0 fully saturated rings. The maximum atomic E-state index is 12.7. The van der Waals surface area contributed by atoms with Gasteiger partial charge in [-0.1, -0.05) is 0 Å². The largest absolute Gasteiger partial charge is 0.418 e. The molecule has 0 unspecified atom stereocenters. The molecule has 108 valence electrons. The van der Waals surface area contributed by atoms with Crippen LogP contribution in [0.25, 0.3) is 0 Å². The summed E-state index contributed by atoms with van der Waals surface area (Å²) in [7, 11) is -4.95. The summed E-state index contributed by atoms with van der Waals surface area (Å²) in [6.07, 6.45) is -10.9. The van der Waals surface area contributed by atoms with E-state index in [1.165, 1.54) is 22.6 Å². The van der Waals surface area contributed by atoms with Gasteiger partial charge in [0.05, 0.1) is 16.0 Å². The highest BCUT2D eigenvalue weighted by Crippen LogP contribution is 2.43. The van der Waals surface area contributed by atoms with Gasteiger partial charge in [-0.2, -0.15) is 26.3 Å². The van der Waals surface area contributed by atoms with Crippen LogP contribution in [0.2, 0.25) is 0 Å². The van der Waals surface area contributed by atoms with Crippen LogP contribution in [0.4, 0.5) is 26.3 Å². The van der Waals surface area contributed by atoms with Gasteiger partial charge >= 0.3 is 12.4 Å². The molecule has 0 amide bonds. The highest BCUT2D eigenvalue weighted by Gasteiger charge is 2.46. The van der Waals surface area contributed by atoms with Crippen molar-refractivity contribution in [1.82, 2.24) is 0 Å². The maximum Gasteiger partial charge on any atom is 0.418 e. The predicted octanol–water partition coefficient (Wildman–Crippen LogP) is 2.98. The smallest absolute Gasteiger partial charge is 0.225 e. The van der Waals surface area contributed by atoms with Crippen molar-refractivity contribution in [3.8, 4) is 0 Å². The molecular formula is C8H4F6INO2S. The Morgan fingerprint density at radius 1 is 1.00 bits per heavy atom. The van der Waals surface area contributed by atoms with Gasteiger partial charge in [0.1, 0.15) is 0 Å². The number of rotatable bonds is 1. The summed E-state index contributed by atoms with van der Waals surface area (Å²) in [6.45, 7) is 0. The zero-order chi connectivity index (χ0) is 15.2. The summed E-state index contributed by atoms with van der Waals surface area (Å²) in [5, 5.41) is 4.54. The lowest BCUT2D eigenvalue weighted by atomic mass is 10.1. The number of nitrogens with two attached hydrogens (primary N) is 1. The van der Waals surface area contributed by atoms with E-state index < -0.39 is 38.4 Å². The second kappa shape index (κ2) is 4.77. The minimum absolute atomic E-state index is 0.206. The quantitative estimate of drug-likeness (QED) is 0.563. The van der Waals surface area contributed by atoms with E-state index >= 15 is 0 Å². The van der Waals surface area contributed by atoms with Gasteiger partial charge in [-0.05, 0) is 34.7 Å². The zero-order valence-electron chi connectivity index (χ0n) is 8.60. The number of hydrogen-bond acceptors (Lipinski definition) is 2. The number of primary sulfonamides is 1. The molecular weight excluding hydrogens is 415 g/mol. The van der Waals surface area contributed by atoms with Gasteiger partial charge in [-0.25, -0.2) is 13.6 Å². The lowest BCUT2D eigenvalue weighted by Gasteiger charge is -2.18. The third kappa shape index (κ3) is 3.72. The molecule has 0 radical (unpaired) electrons. The van der Waals surface area contributed by atoms with Crippen molar-refractivity contribution < 1.29 is 34.8 Å². The molecule has 0 aliphatic carbocycles. The van der Waals surface area contributed by atoms with Crippen molar-refractivity contribution in [3.63, 3.8) is 0 Å². The van der Waals surface area contributed by atoms with Crippen molar-refractivity contribution >= 4 is 32.6 Å². The first kappa shape index (κ1) is 16.5. The van der Waals surface area contributed by atoms with Crippen LogP contribution in [0, 0.1) is 3.57 Å². The molecule has 0 aromatic heterocycles. The third-order valence-corrected chi connectivity index (χ3v) is 3.52. The first-order valence-corrected chi connectivity index (χ1v) is 6.88. The lowest BCUT2D eigenvalue weighted by molar-refractivity contribution is -0.163. The Balaban J connectivity index is 3.91. The maximum absolute atomic E-state index is 12.7. The number of halogens is 7. The van der Waals surface area contributed by atoms with E-state index in [0.29, 0.717) is 6.07 Å². The second-order valence-electron chi connectivity index (χ2n) is 3.37. The zero-order valence-corrected chi connectivity index (χ0v) is 11.6. The van der Waals surface area contributed by atoms with Crippen molar-refractivity contribution in [3.05, 3.63) is 26.8 Å². The Morgan fingerprint density at radius 2 is 1.47 bits per heavy atom. The second-order valence-corrected chi connectivity index (χ2v) is 6.14. The van der Waals surface area contributed by atoms with E-state index in [1.807, 2.05) is 0 Å². The number of sulfonamides is 1. The van der Waals surface area contributed by atoms with Crippen LogP contribution >= 0.6 is 22.6 Å². The molecule has 1 aromatic carbocycles. The number of benzene rings is 1. The number of alkyl halides is 6. The van der Waals surface area contributed by atoms with Crippen molar-refractivity contribution in [2.24, 2.45) is 5.14 Å². The van der Waals surface area contributed by atoms with E-state index in [4.69, 9.17) is 0 Å². The minimum Gasteiger partial charge on any atom is -0.225 e. The van der Waals surface area contributed by atoms with Crippen LogP contribution in [0.1, 0.15) is 11.1 Å². The fraction of sp³-hybridized carbons (Fsp3) is 0.250. The lowest BCUT2D eigenvalue weighted by Crippen LogP contribution is -2.24. The molecule has 0 heterocycles. The molecule has 19 heavy (non-hydrogen) atoms. The van der Waals surface area contributed by atoms with Gasteiger partial charge in [0.2, 0.25) is 10.0 Å². The molecule has 0 atom stereocenters. The van der Waals surface area contributed by atoms with Gasteiger partial charge in [-0.3, -0.25) is 0 Å². The third-order valence-electron chi connectivity index (χ3n) is 1.96. The first-order valence-electron chi connectivity index (χ1n) is 4.25. The molecule has 2 N–H and O–H groups in total. The molecule has 0 aliphatic rings. The molecule has 0 aliphatic heterocycles. The average Bonchev–Trinajstić information content (AvgIpc) is 2.11. The van der Waals surface area contributed by atoms with E-state index in [1.54, 1.807) is 0 Å². The molecule has 1 aromatic rings. The van der Waals surface area contributed by atoms with E-state index in [2.05, 4.69) is 5.14 Å². The average molecular weight is 419 g/mol. The fourth-order valence-corrected chi connectivity index (χ4v) is 2.96. The molecule has 0 spiro atoms. The normalized spacial score (nSPS) is 13.7. The standard InChI is InChI=1S/C8H4F6INO2S/c9-7(10,11)4-1-3(15)2-5(19(16,17)18)6(4)8(12,13)14/h1-2H,(H2,16,17,18). The van der Waals surface area contributed by atoms with E-state index in [0.717, 1.165) is 0 Å². The molecule has 3 nitrogen and oxygen atoms in total. The Hall–Kier alpha value is -0.560. The Morgan fingerprint density at radius 3 is 1.79 bits per heavy atom. The molecule has 0 saturated carbocycles. The summed E-state index contributed by atoms with van der Waals surface area (Å²) >= 11 is 1.27. The summed E-state index contributed by atoms with van der Waals surface area (Å²) in [5.41, 5.74) is -4.39. The van der Waals surface area contributed by atoms with Crippen LogP contribution in [0.3, 0.4) is 0 Å². The molecule has 11 heteroatoms. The SMILES string of the molecule is NS(=O)(=O)c1cc(I)cc(C(F)(F)F)c1C(F)(F)F. The van der Waals surface area contributed by atoms with Gasteiger partial charge in [0, 0.05) is 3.57 Å². The summed E-state index contributed by atoms with van der Waals surface area (Å²) < 4.78 is 97.5. The van der Waals surface area contributed by atoms with Gasteiger partial charge in [0.15, 0.2) is 0 Å². The van der Waals surface area contributed by atoms with E-state index in [-0.39, 0.29) is 9.64 Å². The van der Waals surface area contributed by atoms with Crippen LogP contribution in [-0.2, 0) is 22.4 Å². The molecule has 0 bridgehead atoms. The number of hydrogen-bond donors (Lipinski definition) is 1. The fourth-order valence-electron chi connectivity index (χ4n) is 1.32. The topological polar surface area (TPSA) is 60.2 Å². The Bertz CT molecular complexity index is 607. The summed E-state index contributed by atoms with van der Waals surface area (Å²) in [4.78, 5) is -1.60. The van der Waals surface area contributed by atoms with E-state index in [9.17, 15) is 34.8 Å². The molecule has 1 rings (SSSR count). The monoisotopic (exact) mass is 419 g/mol. The highest BCUT2D eigenvalue weighted by atomic mass is 127. The van der Waals surface area contributed by atoms with Gasteiger partial charge in [0.25, 0.3) is 0 Å². The van der Waals surface area contributed by atoms with Crippen LogP contribution in [0.5, 0.6) is 0 Å². The first-order chi connectivity index (χ1) is 8.24. The van der Waals surface area contributed by atoms with Gasteiger partial charge in [-0.15, -0.1) is 0 Å². The predicted molar refractivity (Wildman–Crippen MR) is 60.5 cm³/mol. The summed E-state index contributed by atoms with van der Waals surface area (Å²) in [5.74, 6) is 0. The minimum atomic E-state index is -5.50. The van der Waals surface area contributed by atoms with Crippen LogP contribution in [-0.4, -0.2) is 8.42 Å². The van der Waals surface area contributed by atoms with Crippen molar-refractivity contribution in [2.45, 2.75) is 17.2 Å². The van der Waals surface area contributed by atoms with Crippen LogP contribution in [0.15, 0.2) is 17.0 Å². The molecule has 0 saturated heterocycles.